The number of anilines is 2. The van der Waals surface area contributed by atoms with E-state index in [9.17, 15) is 17.2 Å². The summed E-state index contributed by atoms with van der Waals surface area (Å²) in [5.41, 5.74) is 0. The fraction of sp³-hybridized carbons (Fsp3) is 0.333. The smallest absolute Gasteiger partial charge is 0.240 e. The first kappa shape index (κ1) is 19.0. The van der Waals surface area contributed by atoms with E-state index in [4.69, 9.17) is 0 Å². The molecule has 0 amide bonds. The van der Waals surface area contributed by atoms with Crippen LogP contribution in [0.3, 0.4) is 0 Å². The molecule has 10 heteroatoms. The maximum Gasteiger partial charge on any atom is 0.240 e. The molecule has 1 heterocycles. The molecule has 0 aliphatic carbocycles. The van der Waals surface area contributed by atoms with Crippen molar-refractivity contribution in [1.82, 2.24) is 14.7 Å². The molecule has 1 aromatic carbocycles. The summed E-state index contributed by atoms with van der Waals surface area (Å²) in [6, 6.07) is 4.15. The molecule has 136 valence electrons. The zero-order chi connectivity index (χ0) is 18.6. The number of sulfonamides is 1. The number of aromatic nitrogens is 2. The summed E-state index contributed by atoms with van der Waals surface area (Å²) in [6.07, 6.45) is 0. The lowest BCUT2D eigenvalue weighted by atomic mass is 10.3. The number of hydrogen-bond donors (Lipinski definition) is 2. The maximum atomic E-state index is 13.2. The molecular formula is C15H19F2N5O2S. The zero-order valence-corrected chi connectivity index (χ0v) is 14.9. The summed E-state index contributed by atoms with van der Waals surface area (Å²) >= 11 is 0. The van der Waals surface area contributed by atoms with Crippen LogP contribution in [0.25, 0.3) is 0 Å². The third-order valence-corrected chi connectivity index (χ3v) is 4.67. The molecule has 0 saturated heterocycles. The molecule has 0 radical (unpaired) electrons. The van der Waals surface area contributed by atoms with Gasteiger partial charge in [-0.25, -0.2) is 31.9 Å². The van der Waals surface area contributed by atoms with Gasteiger partial charge in [-0.2, -0.15) is 0 Å². The first-order chi connectivity index (χ1) is 11.7. The number of aryl methyl sites for hydroxylation is 1. The first-order valence-electron chi connectivity index (χ1n) is 7.40. The van der Waals surface area contributed by atoms with Gasteiger partial charge in [-0.3, -0.25) is 0 Å². The molecule has 0 aliphatic rings. The minimum absolute atomic E-state index is 0.0433. The summed E-state index contributed by atoms with van der Waals surface area (Å²) in [4.78, 5) is 9.96. The zero-order valence-electron chi connectivity index (χ0n) is 14.0. The first-order valence-corrected chi connectivity index (χ1v) is 8.89. The van der Waals surface area contributed by atoms with E-state index in [0.29, 0.717) is 17.7 Å². The van der Waals surface area contributed by atoms with Crippen LogP contribution in [0.1, 0.15) is 5.82 Å². The predicted molar refractivity (Wildman–Crippen MR) is 91.1 cm³/mol. The van der Waals surface area contributed by atoms with Crippen LogP contribution in [0.4, 0.5) is 20.4 Å². The van der Waals surface area contributed by atoms with Crippen molar-refractivity contribution < 1.29 is 17.2 Å². The van der Waals surface area contributed by atoms with Crippen molar-refractivity contribution in [1.29, 1.82) is 0 Å². The Bertz CT molecular complexity index is 859. The van der Waals surface area contributed by atoms with Crippen LogP contribution in [0, 0.1) is 18.6 Å². The Hall–Kier alpha value is -2.33. The molecule has 0 spiro atoms. The van der Waals surface area contributed by atoms with Gasteiger partial charge in [0.15, 0.2) is 11.6 Å². The molecule has 0 aliphatic heterocycles. The van der Waals surface area contributed by atoms with Crippen LogP contribution in [0.5, 0.6) is 0 Å². The van der Waals surface area contributed by atoms with Gasteiger partial charge in [0.2, 0.25) is 10.0 Å². The summed E-state index contributed by atoms with van der Waals surface area (Å²) in [5.74, 6) is -0.457. The number of hydrogen-bond acceptors (Lipinski definition) is 6. The average molecular weight is 371 g/mol. The van der Waals surface area contributed by atoms with Crippen LogP contribution in [-0.4, -0.2) is 45.6 Å². The normalized spacial score (nSPS) is 11.4. The van der Waals surface area contributed by atoms with Gasteiger partial charge >= 0.3 is 0 Å². The molecule has 0 atom stereocenters. The van der Waals surface area contributed by atoms with Gasteiger partial charge in [-0.1, -0.05) is 0 Å². The Morgan fingerprint density at radius 2 is 1.80 bits per heavy atom. The van der Waals surface area contributed by atoms with Crippen LogP contribution in [0.15, 0.2) is 29.2 Å². The topological polar surface area (TPSA) is 87.2 Å². The van der Waals surface area contributed by atoms with E-state index >= 15 is 0 Å². The second-order valence-corrected chi connectivity index (χ2v) is 7.22. The van der Waals surface area contributed by atoms with Gasteiger partial charge in [0.05, 0.1) is 4.90 Å². The molecule has 0 saturated carbocycles. The molecule has 2 N–H and O–H groups in total. The summed E-state index contributed by atoms with van der Waals surface area (Å²) in [6.45, 7) is 2.05. The van der Waals surface area contributed by atoms with E-state index in [-0.39, 0.29) is 18.0 Å². The Morgan fingerprint density at radius 3 is 2.44 bits per heavy atom. The van der Waals surface area contributed by atoms with Crippen LogP contribution in [-0.2, 0) is 10.0 Å². The number of nitrogens with one attached hydrogen (secondary N) is 2. The molecule has 1 aromatic heterocycles. The van der Waals surface area contributed by atoms with E-state index in [1.165, 1.54) is 0 Å². The lowest BCUT2D eigenvalue weighted by molar-refractivity contribution is 0.504. The van der Waals surface area contributed by atoms with E-state index in [1.54, 1.807) is 13.0 Å². The molecule has 7 nitrogen and oxygen atoms in total. The molecule has 25 heavy (non-hydrogen) atoms. The van der Waals surface area contributed by atoms with Crippen molar-refractivity contribution in [2.75, 3.05) is 37.4 Å². The standard InChI is InChI=1S/C15H19F2N5O2S/c1-10-20-14(9-15(21-10)22(2)3)18-6-7-19-25(23,24)11-4-5-12(16)13(17)8-11/h4-5,8-9,19H,6-7H2,1-3H3,(H,18,20,21). The summed E-state index contributed by atoms with van der Waals surface area (Å²) < 4.78 is 52.4. The van der Waals surface area contributed by atoms with E-state index in [2.05, 4.69) is 20.0 Å². The lowest BCUT2D eigenvalue weighted by Gasteiger charge is -2.14. The SMILES string of the molecule is Cc1nc(NCCNS(=O)(=O)c2ccc(F)c(F)c2)cc(N(C)C)n1. The van der Waals surface area contributed by atoms with Gasteiger partial charge in [0, 0.05) is 33.3 Å². The van der Waals surface area contributed by atoms with Crippen molar-refractivity contribution >= 4 is 21.7 Å². The Morgan fingerprint density at radius 1 is 1.08 bits per heavy atom. The number of rotatable bonds is 7. The summed E-state index contributed by atoms with van der Waals surface area (Å²) in [7, 11) is -0.224. The number of benzene rings is 1. The van der Waals surface area contributed by atoms with Crippen molar-refractivity contribution in [3.63, 3.8) is 0 Å². The van der Waals surface area contributed by atoms with E-state index < -0.39 is 21.7 Å². The van der Waals surface area contributed by atoms with Gasteiger partial charge in [0.25, 0.3) is 0 Å². The molecule has 0 fully saturated rings. The number of halogens is 2. The second kappa shape index (κ2) is 7.70. The van der Waals surface area contributed by atoms with Crippen molar-refractivity contribution in [2.45, 2.75) is 11.8 Å². The highest BCUT2D eigenvalue weighted by atomic mass is 32.2. The minimum atomic E-state index is -3.92. The van der Waals surface area contributed by atoms with E-state index in [0.717, 1.165) is 18.0 Å². The lowest BCUT2D eigenvalue weighted by Crippen LogP contribution is -2.29. The Balaban J connectivity index is 1.95. The highest BCUT2D eigenvalue weighted by Crippen LogP contribution is 2.14. The van der Waals surface area contributed by atoms with Crippen molar-refractivity contribution in [2.24, 2.45) is 0 Å². The monoisotopic (exact) mass is 371 g/mol. The molecule has 2 aromatic rings. The predicted octanol–water partition coefficient (Wildman–Crippen LogP) is 1.52. The van der Waals surface area contributed by atoms with Crippen LogP contribution in [0.2, 0.25) is 0 Å². The molecule has 0 unspecified atom stereocenters. The highest BCUT2D eigenvalue weighted by Gasteiger charge is 2.15. The van der Waals surface area contributed by atoms with Gasteiger partial charge in [-0.15, -0.1) is 0 Å². The maximum absolute atomic E-state index is 13.2. The minimum Gasteiger partial charge on any atom is -0.369 e. The number of nitrogens with zero attached hydrogens (tertiary/aromatic N) is 3. The van der Waals surface area contributed by atoms with Gasteiger partial charge in [0.1, 0.15) is 17.5 Å². The van der Waals surface area contributed by atoms with Crippen molar-refractivity contribution in [3.8, 4) is 0 Å². The Kier molecular flexibility index (Phi) is 5.85. The molecular weight excluding hydrogens is 352 g/mol. The van der Waals surface area contributed by atoms with Crippen molar-refractivity contribution in [3.05, 3.63) is 41.7 Å². The second-order valence-electron chi connectivity index (χ2n) is 5.45. The molecule has 2 rings (SSSR count). The van der Waals surface area contributed by atoms with Gasteiger partial charge < -0.3 is 10.2 Å². The largest absolute Gasteiger partial charge is 0.369 e. The van der Waals surface area contributed by atoms with Gasteiger partial charge in [-0.05, 0) is 25.1 Å². The van der Waals surface area contributed by atoms with E-state index in [1.807, 2.05) is 19.0 Å². The van der Waals surface area contributed by atoms with Crippen LogP contribution < -0.4 is 14.9 Å². The highest BCUT2D eigenvalue weighted by molar-refractivity contribution is 7.89. The fourth-order valence-corrected chi connectivity index (χ4v) is 3.02. The molecule has 0 bridgehead atoms. The van der Waals surface area contributed by atoms with Crippen LogP contribution >= 0.6 is 0 Å². The third-order valence-electron chi connectivity index (χ3n) is 3.21. The summed E-state index contributed by atoms with van der Waals surface area (Å²) in [5, 5.41) is 2.99. The average Bonchev–Trinajstić information content (AvgIpc) is 2.53. The Labute approximate surface area is 145 Å². The fourth-order valence-electron chi connectivity index (χ4n) is 1.97. The quantitative estimate of drug-likeness (QED) is 0.718. The third kappa shape index (κ3) is 5.07.